The Balaban J connectivity index is 1.21. The highest BCUT2D eigenvalue weighted by atomic mass is 16.3. The number of furan rings is 2. The Labute approximate surface area is 401 Å². The highest BCUT2D eigenvalue weighted by Gasteiger charge is 2.54. The molecule has 3 aliphatic carbocycles. The maximum absolute atomic E-state index is 7.45. The van der Waals surface area contributed by atoms with E-state index < -0.39 is 5.41 Å². The zero-order valence-electron chi connectivity index (χ0n) is 39.1. The average Bonchev–Trinajstić information content (AvgIpc) is 4.12. The van der Waals surface area contributed by atoms with Crippen LogP contribution in [0, 0.1) is 20.8 Å². The van der Waals surface area contributed by atoms with E-state index in [0.29, 0.717) is 0 Å². The van der Waals surface area contributed by atoms with Gasteiger partial charge in [0.2, 0.25) is 0 Å². The minimum absolute atomic E-state index is 0.746. The van der Waals surface area contributed by atoms with E-state index in [1.807, 2.05) is 0 Å². The lowest BCUT2D eigenvalue weighted by Gasteiger charge is -2.34. The van der Waals surface area contributed by atoms with Gasteiger partial charge in [-0.15, -0.1) is 0 Å². The lowest BCUT2D eigenvalue weighted by Crippen LogP contribution is -2.27. The first kappa shape index (κ1) is 39.8. The van der Waals surface area contributed by atoms with Crippen molar-refractivity contribution in [2.75, 3.05) is 9.80 Å². The molecule has 4 heteroatoms. The average molecular weight is 889 g/mol. The number of anilines is 5. The van der Waals surface area contributed by atoms with Crippen LogP contribution in [0.3, 0.4) is 0 Å². The monoisotopic (exact) mass is 888 g/mol. The second kappa shape index (κ2) is 14.8. The Morgan fingerprint density at radius 2 is 0.884 bits per heavy atom. The summed E-state index contributed by atoms with van der Waals surface area (Å²) in [5, 5.41) is 4.34. The number of allylic oxidation sites excluding steroid dienone is 4. The molecule has 0 saturated carbocycles. The third-order valence-corrected chi connectivity index (χ3v) is 15.2. The summed E-state index contributed by atoms with van der Waals surface area (Å²) < 4.78 is 14.7. The van der Waals surface area contributed by atoms with Crippen LogP contribution in [0.2, 0.25) is 0 Å². The highest BCUT2D eigenvalue weighted by Crippen LogP contribution is 2.68. The second-order valence-electron chi connectivity index (χ2n) is 19.4. The van der Waals surface area contributed by atoms with E-state index >= 15 is 0 Å². The fraction of sp³-hybridized carbons (Fsp3) is 0.108. The number of hydrogen-bond donors (Lipinski definition) is 0. The number of rotatable bonds is 6. The maximum Gasteiger partial charge on any atom is 0.160 e. The number of aryl methyl sites for hydroxylation is 3. The first-order valence-corrected chi connectivity index (χ1v) is 24.2. The fourth-order valence-electron chi connectivity index (χ4n) is 12.0. The zero-order chi connectivity index (χ0) is 46.1. The molecule has 4 nitrogen and oxygen atoms in total. The quantitative estimate of drug-likeness (QED) is 0.167. The van der Waals surface area contributed by atoms with Crippen LogP contribution in [-0.4, -0.2) is 0 Å². The highest BCUT2D eigenvalue weighted by molar-refractivity contribution is 6.26. The van der Waals surface area contributed by atoms with Gasteiger partial charge in [0.1, 0.15) is 16.7 Å². The van der Waals surface area contributed by atoms with Gasteiger partial charge in [-0.2, -0.15) is 0 Å². The molecular formula is C65H48N2O2. The Kier molecular flexibility index (Phi) is 8.55. The van der Waals surface area contributed by atoms with Gasteiger partial charge >= 0.3 is 0 Å². The fourth-order valence-corrected chi connectivity index (χ4v) is 12.0. The molecule has 0 fully saturated rings. The van der Waals surface area contributed by atoms with Gasteiger partial charge in [0.15, 0.2) is 5.58 Å². The number of hydrogen-bond acceptors (Lipinski definition) is 4. The van der Waals surface area contributed by atoms with Gasteiger partial charge in [0, 0.05) is 50.0 Å². The van der Waals surface area contributed by atoms with Crippen LogP contribution in [0.1, 0.15) is 58.7 Å². The van der Waals surface area contributed by atoms with E-state index in [9.17, 15) is 0 Å². The smallest absolute Gasteiger partial charge is 0.160 e. The number of fused-ring (bicyclic) bond motifs is 18. The molecule has 0 N–H and O–H groups in total. The van der Waals surface area contributed by atoms with Crippen molar-refractivity contribution < 1.29 is 8.83 Å². The Morgan fingerprint density at radius 3 is 1.45 bits per heavy atom. The summed E-state index contributed by atoms with van der Waals surface area (Å²) in [4.78, 5) is 4.93. The van der Waals surface area contributed by atoms with Crippen molar-refractivity contribution in [2.24, 2.45) is 0 Å². The van der Waals surface area contributed by atoms with Crippen LogP contribution in [0.15, 0.2) is 214 Å². The molecule has 0 amide bonds. The van der Waals surface area contributed by atoms with Crippen LogP contribution in [0.25, 0.3) is 66.1 Å². The molecule has 0 saturated heterocycles. The summed E-state index contributed by atoms with van der Waals surface area (Å²) in [6.07, 6.45) is 6.50. The molecule has 2 aromatic heterocycles. The molecule has 3 aliphatic rings. The summed E-state index contributed by atoms with van der Waals surface area (Å²) in [6.45, 7) is 8.71. The lowest BCUT2D eigenvalue weighted by molar-refractivity contribution is 0.667. The molecule has 0 radical (unpaired) electrons. The summed E-state index contributed by atoms with van der Waals surface area (Å²) in [5.74, 6) is 0. The number of para-hydroxylation sites is 2. The van der Waals surface area contributed by atoms with Crippen LogP contribution < -0.4 is 9.80 Å². The molecule has 0 aliphatic heterocycles. The van der Waals surface area contributed by atoms with E-state index in [0.717, 1.165) is 96.3 Å². The Hall–Kier alpha value is -8.34. The third kappa shape index (κ3) is 5.63. The van der Waals surface area contributed by atoms with Gasteiger partial charge in [-0.05, 0) is 141 Å². The van der Waals surface area contributed by atoms with Crippen LogP contribution in [0.4, 0.5) is 28.4 Å². The van der Waals surface area contributed by atoms with E-state index in [4.69, 9.17) is 8.83 Å². The summed E-state index contributed by atoms with van der Waals surface area (Å²) in [6, 6.07) is 67.3. The topological polar surface area (TPSA) is 32.8 Å². The Morgan fingerprint density at radius 1 is 0.406 bits per heavy atom. The molecule has 330 valence electrons. The minimum atomic E-state index is -0.746. The first-order chi connectivity index (χ1) is 33.9. The summed E-state index contributed by atoms with van der Waals surface area (Å²) in [7, 11) is 0. The largest absolute Gasteiger partial charge is 0.455 e. The summed E-state index contributed by atoms with van der Waals surface area (Å²) in [5.41, 5.74) is 24.0. The van der Waals surface area contributed by atoms with Gasteiger partial charge < -0.3 is 18.6 Å². The van der Waals surface area contributed by atoms with Crippen LogP contribution in [0.5, 0.6) is 0 Å². The van der Waals surface area contributed by atoms with Gasteiger partial charge in [0.25, 0.3) is 0 Å². The van der Waals surface area contributed by atoms with Crippen molar-refractivity contribution in [1.82, 2.24) is 0 Å². The van der Waals surface area contributed by atoms with E-state index in [2.05, 4.69) is 232 Å². The Bertz CT molecular complexity index is 3900. The van der Waals surface area contributed by atoms with Crippen molar-refractivity contribution in [1.29, 1.82) is 0 Å². The molecule has 0 bridgehead atoms. The van der Waals surface area contributed by atoms with E-state index in [1.54, 1.807) is 0 Å². The lowest BCUT2D eigenvalue weighted by atomic mass is 9.70. The first-order valence-electron chi connectivity index (χ1n) is 24.2. The van der Waals surface area contributed by atoms with Crippen molar-refractivity contribution in [2.45, 2.75) is 46.0 Å². The molecule has 0 atom stereocenters. The molecule has 14 rings (SSSR count). The summed E-state index contributed by atoms with van der Waals surface area (Å²) >= 11 is 0. The molecule has 0 unspecified atom stereocenters. The predicted molar refractivity (Wildman–Crippen MR) is 286 cm³/mol. The maximum atomic E-state index is 7.45. The molecule has 11 aromatic rings. The predicted octanol–water partition coefficient (Wildman–Crippen LogP) is 18.0. The molecule has 2 heterocycles. The SMILES string of the molecule is CC1=CC=C(N(c2ccc(C)cc2)c2cc3c(c4c2oc2ccccc24)-c2c(cc(N(c4ccc(C)cc4)c4ccc(C)cc4)c4c2oc2ccccc24)C32c3ccccc3-c3ccccc32)CC1. The number of nitrogens with zero attached hydrogens (tertiary/aromatic N) is 2. The van der Waals surface area contributed by atoms with Gasteiger partial charge in [-0.1, -0.05) is 150 Å². The third-order valence-electron chi connectivity index (χ3n) is 15.2. The molecular weight excluding hydrogens is 841 g/mol. The minimum Gasteiger partial charge on any atom is -0.455 e. The van der Waals surface area contributed by atoms with Gasteiger partial charge in [-0.25, -0.2) is 0 Å². The zero-order valence-corrected chi connectivity index (χ0v) is 39.1. The second-order valence-corrected chi connectivity index (χ2v) is 19.4. The van der Waals surface area contributed by atoms with Crippen LogP contribution in [-0.2, 0) is 5.41 Å². The van der Waals surface area contributed by atoms with Crippen molar-refractivity contribution in [3.8, 4) is 22.3 Å². The van der Waals surface area contributed by atoms with Crippen LogP contribution >= 0.6 is 0 Å². The van der Waals surface area contributed by atoms with Crippen molar-refractivity contribution in [3.05, 3.63) is 244 Å². The number of benzene rings is 9. The van der Waals surface area contributed by atoms with Gasteiger partial charge in [-0.3, -0.25) is 0 Å². The van der Waals surface area contributed by atoms with Crippen molar-refractivity contribution >= 4 is 72.3 Å². The normalized spacial score (nSPS) is 14.3. The molecule has 1 spiro atoms. The molecule has 9 aromatic carbocycles. The van der Waals surface area contributed by atoms with Gasteiger partial charge in [0.05, 0.1) is 22.2 Å². The molecule has 69 heavy (non-hydrogen) atoms. The van der Waals surface area contributed by atoms with E-state index in [-0.39, 0.29) is 0 Å². The van der Waals surface area contributed by atoms with E-state index in [1.165, 1.54) is 61.3 Å². The van der Waals surface area contributed by atoms with Crippen molar-refractivity contribution in [3.63, 3.8) is 0 Å². The standard InChI is InChI=1S/C65H48N2O2/c1-39-21-29-43(30-22-39)66(44-31-23-40(2)24-32-44)55-37-54-62(64-59(55)49-15-7-11-19-57(49)69-64)61-53(65(54)51-17-9-5-13-47(51)48-14-6-10-18-52(48)65)38-56(63-60(61)50-16-8-12-20-58(50)68-63)67(45-33-25-41(3)26-34-45)46-35-27-42(4)28-36-46/h5-27,29-35,37-38H,28,36H2,1-4H3.